The molecule has 9 heteroatoms. The molecule has 3 N–H and O–H groups in total. The maximum atomic E-state index is 12.3. The second kappa shape index (κ2) is 8.45. The number of nitrogens with zero attached hydrogens (tertiary/aromatic N) is 1. The van der Waals surface area contributed by atoms with Gasteiger partial charge in [-0.1, -0.05) is 0 Å². The Hall–Kier alpha value is -2.65. The summed E-state index contributed by atoms with van der Waals surface area (Å²) in [7, 11) is -3.59. The zero-order valence-electron chi connectivity index (χ0n) is 13.6. The van der Waals surface area contributed by atoms with Gasteiger partial charge in [-0.05, 0) is 43.3 Å². The van der Waals surface area contributed by atoms with E-state index < -0.39 is 16.6 Å². The molecule has 0 radical (unpaired) electrons. The number of carbonyl (C=O) groups excluding carboxylic acids is 1. The third-order valence-electron chi connectivity index (χ3n) is 3.07. The maximum Gasteiger partial charge on any atom is 0.261 e. The number of aliphatic hydroxyl groups is 1. The molecule has 0 atom stereocenters. The number of anilines is 2. The first-order valence-corrected chi connectivity index (χ1v) is 9.21. The lowest BCUT2D eigenvalue weighted by Gasteiger charge is -2.10. The number of hydrogen-bond donors (Lipinski definition) is 3. The van der Waals surface area contributed by atoms with E-state index in [0.717, 1.165) is 0 Å². The van der Waals surface area contributed by atoms with Gasteiger partial charge in [-0.15, -0.1) is 0 Å². The Morgan fingerprint density at radius 3 is 2.52 bits per heavy atom. The van der Waals surface area contributed by atoms with Crippen molar-refractivity contribution in [3.05, 3.63) is 48.2 Å². The van der Waals surface area contributed by atoms with E-state index in [9.17, 15) is 13.2 Å². The summed E-state index contributed by atoms with van der Waals surface area (Å²) in [6.45, 7) is 1.73. The largest absolute Gasteiger partial charge is 0.477 e. The van der Waals surface area contributed by atoms with Gasteiger partial charge in [0.1, 0.15) is 5.56 Å². The predicted molar refractivity (Wildman–Crippen MR) is 94.3 cm³/mol. The van der Waals surface area contributed by atoms with E-state index in [1.54, 1.807) is 31.2 Å². The number of sulfonamides is 1. The lowest BCUT2D eigenvalue weighted by Crippen LogP contribution is -2.19. The summed E-state index contributed by atoms with van der Waals surface area (Å²) < 4.78 is 30.8. The van der Waals surface area contributed by atoms with Gasteiger partial charge in [-0.25, -0.2) is 13.4 Å². The zero-order valence-corrected chi connectivity index (χ0v) is 14.4. The van der Waals surface area contributed by atoms with Gasteiger partial charge in [0.25, 0.3) is 5.91 Å². The first kappa shape index (κ1) is 18.7. The van der Waals surface area contributed by atoms with Crippen LogP contribution in [-0.2, 0) is 10.0 Å². The third-order valence-corrected chi connectivity index (χ3v) is 4.34. The number of amides is 1. The summed E-state index contributed by atoms with van der Waals surface area (Å²) in [6, 6.07) is 9.38. The smallest absolute Gasteiger partial charge is 0.261 e. The number of hydrogen-bond acceptors (Lipinski definition) is 6. The van der Waals surface area contributed by atoms with Gasteiger partial charge in [0.2, 0.25) is 15.9 Å². The van der Waals surface area contributed by atoms with Crippen LogP contribution in [0.4, 0.5) is 11.4 Å². The van der Waals surface area contributed by atoms with Crippen molar-refractivity contribution in [3.63, 3.8) is 0 Å². The lowest BCUT2D eigenvalue weighted by molar-refractivity contribution is 0.102. The molecule has 1 heterocycles. The molecule has 1 aromatic carbocycles. The Kier molecular flexibility index (Phi) is 6.31. The highest BCUT2D eigenvalue weighted by molar-refractivity contribution is 7.92. The van der Waals surface area contributed by atoms with Gasteiger partial charge < -0.3 is 15.2 Å². The molecule has 2 aromatic rings. The molecule has 0 bridgehead atoms. The van der Waals surface area contributed by atoms with Crippen molar-refractivity contribution in [2.75, 3.05) is 29.0 Å². The minimum absolute atomic E-state index is 0.246. The highest BCUT2D eigenvalue weighted by Crippen LogP contribution is 2.19. The molecule has 8 nitrogen and oxygen atoms in total. The Bertz CT molecular complexity index is 822. The molecule has 0 spiro atoms. The number of pyridine rings is 1. The number of aromatic nitrogens is 1. The Balaban J connectivity index is 2.07. The summed E-state index contributed by atoms with van der Waals surface area (Å²) in [5.41, 5.74) is 1.13. The predicted octanol–water partition coefficient (Wildman–Crippen LogP) is 1.47. The van der Waals surface area contributed by atoms with Crippen molar-refractivity contribution in [2.45, 2.75) is 6.92 Å². The molecule has 0 unspecified atom stereocenters. The van der Waals surface area contributed by atoms with Gasteiger partial charge in [0.05, 0.1) is 19.0 Å². The van der Waals surface area contributed by atoms with E-state index in [0.29, 0.717) is 23.5 Å². The first-order valence-electron chi connectivity index (χ1n) is 7.55. The number of rotatable bonds is 8. The highest BCUT2D eigenvalue weighted by atomic mass is 32.2. The zero-order chi connectivity index (χ0) is 18.3. The van der Waals surface area contributed by atoms with Gasteiger partial charge >= 0.3 is 0 Å². The van der Waals surface area contributed by atoms with Gasteiger partial charge in [0, 0.05) is 17.6 Å². The maximum absolute atomic E-state index is 12.3. The average molecular weight is 365 g/mol. The molecule has 1 aromatic heterocycles. The molecule has 0 saturated heterocycles. The molecule has 0 aliphatic carbocycles. The highest BCUT2D eigenvalue weighted by Gasteiger charge is 2.14. The van der Waals surface area contributed by atoms with E-state index in [1.165, 1.54) is 18.3 Å². The Labute approximate surface area is 145 Å². The number of carbonyl (C=O) groups is 1. The number of aliphatic hydroxyl groups excluding tert-OH is 1. The second-order valence-corrected chi connectivity index (χ2v) is 6.81. The van der Waals surface area contributed by atoms with Crippen LogP contribution in [-0.4, -0.2) is 43.4 Å². The van der Waals surface area contributed by atoms with Gasteiger partial charge in [0.15, 0.2) is 0 Å². The van der Waals surface area contributed by atoms with Crippen LogP contribution in [0.15, 0.2) is 42.6 Å². The van der Waals surface area contributed by atoms with E-state index in [1.807, 2.05) is 0 Å². The van der Waals surface area contributed by atoms with E-state index in [2.05, 4.69) is 15.0 Å². The minimum atomic E-state index is -3.59. The van der Waals surface area contributed by atoms with E-state index in [-0.39, 0.29) is 17.5 Å². The van der Waals surface area contributed by atoms with Crippen LogP contribution >= 0.6 is 0 Å². The summed E-state index contributed by atoms with van der Waals surface area (Å²) in [4.78, 5) is 16.4. The lowest BCUT2D eigenvalue weighted by atomic mass is 10.2. The number of benzene rings is 1. The fourth-order valence-electron chi connectivity index (χ4n) is 1.99. The number of ether oxygens (including phenoxy) is 1. The summed E-state index contributed by atoms with van der Waals surface area (Å²) >= 11 is 0. The third kappa shape index (κ3) is 5.44. The van der Waals surface area contributed by atoms with Crippen molar-refractivity contribution in [2.24, 2.45) is 0 Å². The molecule has 0 aliphatic heterocycles. The SMILES string of the molecule is CCOc1ncccc1C(=O)Nc1ccc(NS(=O)(=O)CCO)cc1. The van der Waals surface area contributed by atoms with Gasteiger partial charge in [-0.2, -0.15) is 0 Å². The van der Waals surface area contributed by atoms with Crippen LogP contribution < -0.4 is 14.8 Å². The fraction of sp³-hybridized carbons (Fsp3) is 0.250. The number of nitrogens with one attached hydrogen (secondary N) is 2. The molecule has 0 saturated carbocycles. The van der Waals surface area contributed by atoms with Crippen molar-refractivity contribution in [1.82, 2.24) is 4.98 Å². The average Bonchev–Trinajstić information content (AvgIpc) is 2.57. The van der Waals surface area contributed by atoms with Crippen molar-refractivity contribution in [1.29, 1.82) is 0 Å². The van der Waals surface area contributed by atoms with Crippen molar-refractivity contribution < 1.29 is 23.1 Å². The van der Waals surface area contributed by atoms with E-state index >= 15 is 0 Å². The Morgan fingerprint density at radius 1 is 1.20 bits per heavy atom. The summed E-state index contributed by atoms with van der Waals surface area (Å²) in [5, 5.41) is 11.4. The van der Waals surface area contributed by atoms with Crippen LogP contribution in [0.1, 0.15) is 17.3 Å². The topological polar surface area (TPSA) is 118 Å². The van der Waals surface area contributed by atoms with E-state index in [4.69, 9.17) is 9.84 Å². The molecule has 0 aliphatic rings. The molecule has 0 fully saturated rings. The minimum Gasteiger partial charge on any atom is -0.477 e. The first-order chi connectivity index (χ1) is 11.9. The van der Waals surface area contributed by atoms with Gasteiger partial charge in [-0.3, -0.25) is 9.52 Å². The van der Waals surface area contributed by atoms with Crippen LogP contribution in [0.2, 0.25) is 0 Å². The quantitative estimate of drug-likeness (QED) is 0.652. The normalized spacial score (nSPS) is 11.0. The standard InChI is InChI=1S/C16H19N3O5S/c1-2-24-16-14(4-3-9-17-16)15(21)18-12-5-7-13(8-6-12)19-25(22,23)11-10-20/h3-9,19-20H,2,10-11H2,1H3,(H,18,21). The second-order valence-electron chi connectivity index (χ2n) is 4.97. The van der Waals surface area contributed by atoms with Crippen molar-refractivity contribution in [3.8, 4) is 5.88 Å². The summed E-state index contributed by atoms with van der Waals surface area (Å²) in [5.74, 6) is -0.520. The molecule has 2 rings (SSSR count). The molecular weight excluding hydrogens is 346 g/mol. The van der Waals surface area contributed by atoms with Crippen LogP contribution in [0, 0.1) is 0 Å². The fourth-order valence-corrected chi connectivity index (χ4v) is 2.82. The van der Waals surface area contributed by atoms with Crippen LogP contribution in [0.25, 0.3) is 0 Å². The molecule has 1 amide bonds. The monoisotopic (exact) mass is 365 g/mol. The van der Waals surface area contributed by atoms with Crippen LogP contribution in [0.5, 0.6) is 5.88 Å². The molecule has 25 heavy (non-hydrogen) atoms. The Morgan fingerprint density at radius 2 is 1.88 bits per heavy atom. The molecule has 134 valence electrons. The van der Waals surface area contributed by atoms with Crippen molar-refractivity contribution >= 4 is 27.3 Å². The van der Waals surface area contributed by atoms with Crippen LogP contribution in [0.3, 0.4) is 0 Å². The summed E-state index contributed by atoms with van der Waals surface area (Å²) in [6.07, 6.45) is 1.54. The molecular formula is C16H19N3O5S.